The number of hydrogen-bond acceptors (Lipinski definition) is 6. The lowest BCUT2D eigenvalue weighted by Crippen LogP contribution is -2.48. The third kappa shape index (κ3) is 4.55. The van der Waals surface area contributed by atoms with Gasteiger partial charge in [-0.25, -0.2) is 8.42 Å². The van der Waals surface area contributed by atoms with E-state index in [1.54, 1.807) is 42.5 Å². The maximum atomic E-state index is 13.4. The van der Waals surface area contributed by atoms with E-state index >= 15 is 0 Å². The number of para-hydroxylation sites is 2. The lowest BCUT2D eigenvalue weighted by atomic mass is 10.2. The summed E-state index contributed by atoms with van der Waals surface area (Å²) in [7, 11) is -0.970. The molecule has 1 heterocycles. The average Bonchev–Trinajstić information content (AvgIpc) is 2.83. The van der Waals surface area contributed by atoms with Crippen LogP contribution in [0.15, 0.2) is 71.6 Å². The highest BCUT2D eigenvalue weighted by Gasteiger charge is 2.37. The number of methoxy groups -OCH3 is 2. The van der Waals surface area contributed by atoms with Gasteiger partial charge in [0.15, 0.2) is 17.6 Å². The van der Waals surface area contributed by atoms with Gasteiger partial charge in [-0.15, -0.1) is 0 Å². The van der Waals surface area contributed by atoms with Gasteiger partial charge in [0.05, 0.1) is 31.3 Å². The number of benzene rings is 3. The Morgan fingerprint density at radius 2 is 1.73 bits per heavy atom. The highest BCUT2D eigenvalue weighted by Crippen LogP contribution is 2.37. The predicted octanol–water partition coefficient (Wildman–Crippen LogP) is 3.95. The van der Waals surface area contributed by atoms with Gasteiger partial charge < -0.3 is 19.5 Å². The molecule has 10 heteroatoms. The highest BCUT2D eigenvalue weighted by molar-refractivity contribution is 7.92. The van der Waals surface area contributed by atoms with E-state index in [1.807, 2.05) is 0 Å². The number of fused-ring (bicyclic) bond motifs is 1. The maximum Gasteiger partial charge on any atom is 0.267 e. The van der Waals surface area contributed by atoms with Gasteiger partial charge in [0.1, 0.15) is 5.75 Å². The van der Waals surface area contributed by atoms with Crippen LogP contribution in [0.25, 0.3) is 0 Å². The number of ether oxygens (including phenoxy) is 3. The Morgan fingerprint density at radius 3 is 2.42 bits per heavy atom. The Morgan fingerprint density at radius 1 is 1.03 bits per heavy atom. The van der Waals surface area contributed by atoms with Crippen LogP contribution in [0.2, 0.25) is 5.02 Å². The number of nitrogens with zero attached hydrogens (tertiary/aromatic N) is 1. The molecule has 172 valence electrons. The van der Waals surface area contributed by atoms with Gasteiger partial charge in [0.2, 0.25) is 0 Å². The molecule has 0 aliphatic carbocycles. The van der Waals surface area contributed by atoms with Crippen molar-refractivity contribution in [3.05, 3.63) is 71.8 Å². The number of carbonyl (C=O) groups excluding carboxylic acids is 1. The first-order chi connectivity index (χ1) is 15.8. The fourth-order valence-electron chi connectivity index (χ4n) is 3.44. The van der Waals surface area contributed by atoms with E-state index in [-0.39, 0.29) is 17.2 Å². The maximum absolute atomic E-state index is 13.4. The van der Waals surface area contributed by atoms with Crippen molar-refractivity contribution in [1.82, 2.24) is 0 Å². The molecule has 3 aromatic rings. The van der Waals surface area contributed by atoms with Crippen LogP contribution in [0, 0.1) is 0 Å². The molecule has 8 nitrogen and oxygen atoms in total. The number of anilines is 2. The number of sulfonamides is 1. The molecular weight excluding hydrogens is 468 g/mol. The van der Waals surface area contributed by atoms with Gasteiger partial charge in [0, 0.05) is 16.8 Å². The molecule has 1 unspecified atom stereocenters. The SMILES string of the molecule is COc1ccc(NC(=O)C2CN(S(=O)(=O)c3ccc(Cl)cc3)c3ccccc3O2)cc1OC. The van der Waals surface area contributed by atoms with Crippen LogP contribution >= 0.6 is 11.6 Å². The first-order valence-electron chi connectivity index (χ1n) is 9.90. The van der Waals surface area contributed by atoms with Crippen molar-refractivity contribution in [2.24, 2.45) is 0 Å². The topological polar surface area (TPSA) is 94.2 Å². The Hall–Kier alpha value is -3.43. The third-order valence-electron chi connectivity index (χ3n) is 5.08. The number of hydrogen-bond donors (Lipinski definition) is 1. The number of carbonyl (C=O) groups is 1. The lowest BCUT2D eigenvalue weighted by Gasteiger charge is -2.34. The zero-order valence-corrected chi connectivity index (χ0v) is 19.4. The number of rotatable bonds is 6. The van der Waals surface area contributed by atoms with E-state index < -0.39 is 22.0 Å². The Labute approximate surface area is 196 Å². The minimum absolute atomic E-state index is 0.0580. The molecule has 0 radical (unpaired) electrons. The van der Waals surface area contributed by atoms with E-state index in [0.29, 0.717) is 27.9 Å². The molecular formula is C23H21ClN2O6S. The minimum atomic E-state index is -3.97. The summed E-state index contributed by atoms with van der Waals surface area (Å²) >= 11 is 5.91. The summed E-state index contributed by atoms with van der Waals surface area (Å²) in [5.74, 6) is 0.734. The molecule has 1 aliphatic heterocycles. The van der Waals surface area contributed by atoms with Crippen LogP contribution in [0.4, 0.5) is 11.4 Å². The number of nitrogens with one attached hydrogen (secondary N) is 1. The minimum Gasteiger partial charge on any atom is -0.493 e. The van der Waals surface area contributed by atoms with Crippen LogP contribution in [-0.2, 0) is 14.8 Å². The molecule has 3 aromatic carbocycles. The average molecular weight is 489 g/mol. The summed E-state index contributed by atoms with van der Waals surface area (Å²) in [4.78, 5) is 13.1. The molecule has 1 N–H and O–H groups in total. The summed E-state index contributed by atoms with van der Waals surface area (Å²) in [5.41, 5.74) is 0.801. The molecule has 1 aliphatic rings. The normalized spacial score (nSPS) is 15.2. The molecule has 1 amide bonds. The van der Waals surface area contributed by atoms with Crippen LogP contribution in [-0.4, -0.2) is 41.2 Å². The number of halogens is 1. The molecule has 0 aromatic heterocycles. The standard InChI is InChI=1S/C23H21ClN2O6S/c1-30-20-12-9-16(13-21(20)31-2)25-23(27)22-14-26(18-5-3-4-6-19(18)32-22)33(28,29)17-10-7-15(24)8-11-17/h3-13,22H,14H2,1-2H3,(H,25,27). The van der Waals surface area contributed by atoms with E-state index in [2.05, 4.69) is 5.32 Å². The van der Waals surface area contributed by atoms with Crippen molar-refractivity contribution in [1.29, 1.82) is 0 Å². The Bertz CT molecular complexity index is 1280. The molecule has 0 saturated heterocycles. The van der Waals surface area contributed by atoms with Crippen molar-refractivity contribution < 1.29 is 27.4 Å². The highest BCUT2D eigenvalue weighted by atomic mass is 35.5. The van der Waals surface area contributed by atoms with Gasteiger partial charge in [-0.2, -0.15) is 0 Å². The third-order valence-corrected chi connectivity index (χ3v) is 7.13. The predicted molar refractivity (Wildman–Crippen MR) is 125 cm³/mol. The second-order valence-electron chi connectivity index (χ2n) is 7.12. The fourth-order valence-corrected chi connectivity index (χ4v) is 5.04. The molecule has 0 spiro atoms. The van der Waals surface area contributed by atoms with E-state index in [1.165, 1.54) is 42.8 Å². The summed E-state index contributed by atoms with van der Waals surface area (Å²) in [5, 5.41) is 3.17. The smallest absolute Gasteiger partial charge is 0.267 e. The van der Waals surface area contributed by atoms with Crippen molar-refractivity contribution >= 4 is 38.9 Å². The molecule has 0 fully saturated rings. The molecule has 0 bridgehead atoms. The van der Waals surface area contributed by atoms with E-state index in [9.17, 15) is 13.2 Å². The summed E-state index contributed by atoms with van der Waals surface area (Å²) in [6.45, 7) is -0.207. The lowest BCUT2D eigenvalue weighted by molar-refractivity contribution is -0.122. The van der Waals surface area contributed by atoms with Gasteiger partial charge in [-0.3, -0.25) is 9.10 Å². The van der Waals surface area contributed by atoms with Gasteiger partial charge >= 0.3 is 0 Å². The zero-order chi connectivity index (χ0) is 23.6. The Kier molecular flexibility index (Phi) is 6.35. The van der Waals surface area contributed by atoms with Crippen LogP contribution in [0.5, 0.6) is 17.2 Å². The van der Waals surface area contributed by atoms with Crippen molar-refractivity contribution in [3.63, 3.8) is 0 Å². The first kappa shape index (κ1) is 22.8. The van der Waals surface area contributed by atoms with Crippen LogP contribution in [0.3, 0.4) is 0 Å². The summed E-state index contributed by atoms with van der Waals surface area (Å²) in [6, 6.07) is 17.4. The zero-order valence-electron chi connectivity index (χ0n) is 17.8. The summed E-state index contributed by atoms with van der Waals surface area (Å²) in [6.07, 6.45) is -1.09. The quantitative estimate of drug-likeness (QED) is 0.564. The van der Waals surface area contributed by atoms with Crippen LogP contribution < -0.4 is 23.8 Å². The molecule has 0 saturated carbocycles. The first-order valence-corrected chi connectivity index (χ1v) is 11.7. The number of amides is 1. The van der Waals surface area contributed by atoms with Gasteiger partial charge in [0.25, 0.3) is 15.9 Å². The monoisotopic (exact) mass is 488 g/mol. The second kappa shape index (κ2) is 9.21. The van der Waals surface area contributed by atoms with Crippen molar-refractivity contribution in [3.8, 4) is 17.2 Å². The van der Waals surface area contributed by atoms with E-state index in [4.69, 9.17) is 25.8 Å². The largest absolute Gasteiger partial charge is 0.493 e. The van der Waals surface area contributed by atoms with Crippen molar-refractivity contribution in [2.45, 2.75) is 11.0 Å². The molecule has 4 rings (SSSR count). The Balaban J connectivity index is 1.63. The van der Waals surface area contributed by atoms with Gasteiger partial charge in [-0.1, -0.05) is 23.7 Å². The van der Waals surface area contributed by atoms with Crippen molar-refractivity contribution in [2.75, 3.05) is 30.4 Å². The van der Waals surface area contributed by atoms with Crippen LogP contribution in [0.1, 0.15) is 0 Å². The van der Waals surface area contributed by atoms with E-state index in [0.717, 1.165) is 0 Å². The fraction of sp³-hybridized carbons (Fsp3) is 0.174. The molecule has 1 atom stereocenters. The summed E-state index contributed by atoms with van der Waals surface area (Å²) < 4.78 is 44.3. The van der Waals surface area contributed by atoms with Gasteiger partial charge in [-0.05, 0) is 48.5 Å². The second-order valence-corrected chi connectivity index (χ2v) is 9.42. The molecule has 33 heavy (non-hydrogen) atoms.